The Morgan fingerprint density at radius 1 is 1.04 bits per heavy atom. The lowest BCUT2D eigenvalue weighted by molar-refractivity contribution is 0.281. The number of rotatable bonds is 10. The molecule has 0 radical (unpaired) electrons. The smallest absolute Gasteiger partial charge is 0.333 e. The highest BCUT2D eigenvalue weighted by Crippen LogP contribution is 2.21. The molecule has 2 aromatic heterocycles. The van der Waals surface area contributed by atoms with Gasteiger partial charge in [0.05, 0.1) is 29.5 Å². The Morgan fingerprint density at radius 2 is 1.79 bits per heavy atom. The van der Waals surface area contributed by atoms with Crippen molar-refractivity contribution >= 4 is 11.0 Å². The van der Waals surface area contributed by atoms with Crippen LogP contribution in [-0.4, -0.2) is 19.2 Å². The van der Waals surface area contributed by atoms with Crippen molar-refractivity contribution in [2.75, 3.05) is 0 Å². The number of aryl methyl sites for hydroxylation is 1. The van der Waals surface area contributed by atoms with Crippen LogP contribution in [0.3, 0.4) is 0 Å². The van der Waals surface area contributed by atoms with E-state index in [1.54, 1.807) is 35.2 Å². The number of hydrogen-bond donors (Lipinski definition) is 1. The molecule has 2 heterocycles. The monoisotopic (exact) mass is 385 g/mol. The van der Waals surface area contributed by atoms with Gasteiger partial charge in [0, 0.05) is 12.7 Å². The lowest BCUT2D eigenvalue weighted by Crippen LogP contribution is -2.24. The van der Waals surface area contributed by atoms with Gasteiger partial charge in [-0.1, -0.05) is 51.5 Å². The molecule has 0 aliphatic heterocycles. The number of hydrogen-bond acceptors (Lipinski definition) is 3. The molecule has 0 saturated heterocycles. The van der Waals surface area contributed by atoms with Gasteiger partial charge in [-0.2, -0.15) is 0 Å². The van der Waals surface area contributed by atoms with Crippen molar-refractivity contribution < 1.29 is 9.50 Å². The number of pyridine rings is 1. The number of aliphatic hydroxyl groups excluding tert-OH is 1. The van der Waals surface area contributed by atoms with E-state index in [1.807, 2.05) is 0 Å². The van der Waals surface area contributed by atoms with Crippen molar-refractivity contribution in [2.24, 2.45) is 0 Å². The normalized spacial score (nSPS) is 11.4. The predicted octanol–water partition coefficient (Wildman–Crippen LogP) is 4.57. The maximum atomic E-state index is 14.6. The zero-order valence-electron chi connectivity index (χ0n) is 16.4. The van der Waals surface area contributed by atoms with Crippen LogP contribution >= 0.6 is 0 Å². The Hall–Kier alpha value is -2.47. The molecule has 1 N–H and O–H groups in total. The molecule has 3 rings (SSSR count). The van der Waals surface area contributed by atoms with E-state index in [1.165, 1.54) is 42.7 Å². The highest BCUT2D eigenvalue weighted by atomic mass is 19.1. The van der Waals surface area contributed by atoms with Crippen LogP contribution in [0.5, 0.6) is 0 Å². The van der Waals surface area contributed by atoms with Gasteiger partial charge in [0.15, 0.2) is 0 Å². The van der Waals surface area contributed by atoms with Crippen LogP contribution in [0.1, 0.15) is 57.4 Å². The Bertz CT molecular complexity index is 978. The van der Waals surface area contributed by atoms with Gasteiger partial charge < -0.3 is 5.11 Å². The van der Waals surface area contributed by atoms with E-state index in [0.717, 1.165) is 12.8 Å². The molecular weight excluding hydrogens is 357 g/mol. The Balaban J connectivity index is 1.85. The summed E-state index contributed by atoms with van der Waals surface area (Å²) < 4.78 is 17.7. The van der Waals surface area contributed by atoms with Crippen molar-refractivity contribution in [1.82, 2.24) is 14.1 Å². The summed E-state index contributed by atoms with van der Waals surface area (Å²) in [5, 5.41) is 9.19. The minimum Gasteiger partial charge on any atom is -0.392 e. The zero-order valence-corrected chi connectivity index (χ0v) is 16.4. The average molecular weight is 385 g/mol. The lowest BCUT2D eigenvalue weighted by Gasteiger charge is -2.06. The van der Waals surface area contributed by atoms with Crippen LogP contribution < -0.4 is 5.69 Å². The molecule has 0 fully saturated rings. The first-order chi connectivity index (χ1) is 13.7. The first kappa shape index (κ1) is 20.3. The molecule has 0 aliphatic rings. The maximum absolute atomic E-state index is 14.6. The third kappa shape index (κ3) is 4.33. The summed E-state index contributed by atoms with van der Waals surface area (Å²) in [6, 6.07) is 6.17. The Morgan fingerprint density at radius 3 is 2.50 bits per heavy atom. The van der Waals surface area contributed by atoms with E-state index in [9.17, 15) is 14.3 Å². The fourth-order valence-corrected chi connectivity index (χ4v) is 3.61. The summed E-state index contributed by atoms with van der Waals surface area (Å²) in [4.78, 5) is 17.2. The van der Waals surface area contributed by atoms with Gasteiger partial charge >= 0.3 is 5.69 Å². The Labute approximate surface area is 164 Å². The first-order valence-electron chi connectivity index (χ1n) is 10.1. The van der Waals surface area contributed by atoms with Gasteiger partial charge in [-0.3, -0.25) is 14.1 Å². The van der Waals surface area contributed by atoms with Crippen LogP contribution in [0.2, 0.25) is 0 Å². The highest BCUT2D eigenvalue weighted by Gasteiger charge is 2.17. The third-order valence-corrected chi connectivity index (χ3v) is 5.15. The number of aliphatic hydroxyl groups is 1. The van der Waals surface area contributed by atoms with E-state index in [0.29, 0.717) is 23.1 Å². The second-order valence-corrected chi connectivity index (χ2v) is 7.20. The third-order valence-electron chi connectivity index (χ3n) is 5.15. The second-order valence-electron chi connectivity index (χ2n) is 7.20. The summed E-state index contributed by atoms with van der Waals surface area (Å²) in [6.07, 6.45) is 11.4. The first-order valence-corrected chi connectivity index (χ1v) is 10.1. The van der Waals surface area contributed by atoms with Crippen LogP contribution in [0.15, 0.2) is 41.5 Å². The fraction of sp³-hybridized carbons (Fsp3) is 0.455. The number of aromatic nitrogens is 3. The fourth-order valence-electron chi connectivity index (χ4n) is 3.61. The molecule has 0 aliphatic carbocycles. The van der Waals surface area contributed by atoms with Crippen molar-refractivity contribution in [1.29, 1.82) is 0 Å². The average Bonchev–Trinajstić information content (AvgIpc) is 2.99. The van der Waals surface area contributed by atoms with Crippen molar-refractivity contribution in [3.8, 4) is 5.69 Å². The van der Waals surface area contributed by atoms with E-state index in [2.05, 4.69) is 11.9 Å². The van der Waals surface area contributed by atoms with E-state index < -0.39 is 5.82 Å². The van der Waals surface area contributed by atoms with Gasteiger partial charge in [-0.15, -0.1) is 0 Å². The molecule has 0 bridgehead atoms. The molecular formula is C22H28FN3O2. The zero-order chi connectivity index (χ0) is 19.9. The Kier molecular flexibility index (Phi) is 6.98. The summed E-state index contributed by atoms with van der Waals surface area (Å²) in [7, 11) is 0. The molecule has 28 heavy (non-hydrogen) atoms. The number of fused-ring (bicyclic) bond motifs is 1. The van der Waals surface area contributed by atoms with Gasteiger partial charge in [0.1, 0.15) is 5.82 Å². The molecule has 0 spiro atoms. The second kappa shape index (κ2) is 9.64. The quantitative estimate of drug-likeness (QED) is 0.520. The number of benzene rings is 1. The number of unbranched alkanes of at least 4 members (excludes halogenated alkanes) is 6. The van der Waals surface area contributed by atoms with Gasteiger partial charge in [-0.25, -0.2) is 9.18 Å². The molecule has 0 atom stereocenters. The van der Waals surface area contributed by atoms with Crippen molar-refractivity contribution in [3.63, 3.8) is 0 Å². The standard InChI is InChI=1S/C22H28FN3O2/c1-2-3-4-5-6-7-8-13-25-21-15-24-12-11-20(21)26(22(25)28)19-10-9-17(16-27)14-18(19)23/h9-12,14-15,27H,2-8,13,16H2,1H3. The molecule has 150 valence electrons. The number of nitrogens with zero attached hydrogens (tertiary/aromatic N) is 3. The van der Waals surface area contributed by atoms with E-state index in [-0.39, 0.29) is 18.0 Å². The molecule has 3 aromatic rings. The lowest BCUT2D eigenvalue weighted by atomic mass is 10.1. The number of halogens is 1. The molecule has 0 amide bonds. The minimum absolute atomic E-state index is 0.191. The van der Waals surface area contributed by atoms with Crippen LogP contribution in [0.25, 0.3) is 16.7 Å². The summed E-state index contributed by atoms with van der Waals surface area (Å²) in [5.74, 6) is -0.527. The summed E-state index contributed by atoms with van der Waals surface area (Å²) >= 11 is 0. The van der Waals surface area contributed by atoms with Crippen LogP contribution in [0, 0.1) is 5.82 Å². The molecule has 0 saturated carbocycles. The largest absolute Gasteiger partial charge is 0.392 e. The van der Waals surface area contributed by atoms with Gasteiger partial charge in [0.25, 0.3) is 0 Å². The minimum atomic E-state index is -0.527. The van der Waals surface area contributed by atoms with Crippen molar-refractivity contribution in [2.45, 2.75) is 65.0 Å². The molecule has 6 heteroatoms. The topological polar surface area (TPSA) is 60.0 Å². The molecule has 1 aromatic carbocycles. The highest BCUT2D eigenvalue weighted by molar-refractivity contribution is 5.77. The van der Waals surface area contributed by atoms with Crippen LogP contribution in [0.4, 0.5) is 4.39 Å². The predicted molar refractivity (Wildman–Crippen MR) is 109 cm³/mol. The van der Waals surface area contributed by atoms with Crippen LogP contribution in [-0.2, 0) is 13.2 Å². The summed E-state index contributed by atoms with van der Waals surface area (Å²) in [6.45, 7) is 2.56. The number of imidazole rings is 1. The van der Waals surface area contributed by atoms with Gasteiger partial charge in [-0.05, 0) is 30.2 Å². The van der Waals surface area contributed by atoms with Crippen molar-refractivity contribution in [3.05, 3.63) is 58.5 Å². The summed E-state index contributed by atoms with van der Waals surface area (Å²) in [5.41, 5.74) is 1.76. The van der Waals surface area contributed by atoms with E-state index in [4.69, 9.17) is 0 Å². The SMILES string of the molecule is CCCCCCCCCn1c(=O)n(-c2ccc(CO)cc2F)c2ccncc21. The molecule has 0 unspecified atom stereocenters. The molecule has 5 nitrogen and oxygen atoms in total. The van der Waals surface area contributed by atoms with E-state index >= 15 is 0 Å². The van der Waals surface area contributed by atoms with Gasteiger partial charge in [0.2, 0.25) is 0 Å². The maximum Gasteiger partial charge on any atom is 0.333 e.